The summed E-state index contributed by atoms with van der Waals surface area (Å²) in [6, 6.07) is 22.1. The number of ether oxygens (including phenoxy) is 3. The van der Waals surface area contributed by atoms with Crippen LogP contribution in [0.2, 0.25) is 0 Å². The number of benzene rings is 3. The van der Waals surface area contributed by atoms with Crippen LogP contribution in [-0.4, -0.2) is 30.7 Å². The molecule has 150 valence electrons. The maximum atomic E-state index is 5.74. The fourth-order valence-corrected chi connectivity index (χ4v) is 4.84. The standard InChI is InChI=1S/C24H20N2O3S/c1-27-16-12-13-17-20(14-16)30-24-25-22(15-8-5-4-6-9-15)23(26(17)24)21-18(28-2)10-7-11-19(21)29-3/h4-14H,1-3H3. The SMILES string of the molecule is COc1ccc2c(c1)sc1nc(-c3ccccc3)c(-c3c(OC)cccc3OC)n12. The molecule has 0 atom stereocenters. The Labute approximate surface area is 178 Å². The summed E-state index contributed by atoms with van der Waals surface area (Å²) in [5.74, 6) is 2.30. The number of imidazole rings is 1. The fourth-order valence-electron chi connectivity index (χ4n) is 3.79. The molecule has 30 heavy (non-hydrogen) atoms. The van der Waals surface area contributed by atoms with Crippen molar-refractivity contribution in [3.8, 4) is 39.8 Å². The molecule has 3 aromatic carbocycles. The molecule has 5 nitrogen and oxygen atoms in total. The smallest absolute Gasteiger partial charge is 0.195 e. The number of fused-ring (bicyclic) bond motifs is 3. The van der Waals surface area contributed by atoms with Gasteiger partial charge in [0.15, 0.2) is 4.96 Å². The Balaban J connectivity index is 1.93. The van der Waals surface area contributed by atoms with E-state index in [-0.39, 0.29) is 0 Å². The normalized spacial score (nSPS) is 11.2. The quantitative estimate of drug-likeness (QED) is 0.357. The summed E-state index contributed by atoms with van der Waals surface area (Å²) in [7, 11) is 5.03. The van der Waals surface area contributed by atoms with Crippen molar-refractivity contribution in [2.75, 3.05) is 21.3 Å². The first kappa shape index (κ1) is 18.5. The summed E-state index contributed by atoms with van der Waals surface area (Å²) in [4.78, 5) is 5.94. The molecular formula is C24H20N2O3S. The second-order valence-corrected chi connectivity index (χ2v) is 7.78. The number of hydrogen-bond donors (Lipinski definition) is 0. The molecule has 0 radical (unpaired) electrons. The lowest BCUT2D eigenvalue weighted by Crippen LogP contribution is -1.97. The molecule has 2 aromatic heterocycles. The Bertz CT molecular complexity index is 1330. The first-order chi connectivity index (χ1) is 14.7. The lowest BCUT2D eigenvalue weighted by molar-refractivity contribution is 0.397. The molecule has 0 spiro atoms. The fraction of sp³-hybridized carbons (Fsp3) is 0.125. The van der Waals surface area contributed by atoms with E-state index in [1.54, 1.807) is 32.7 Å². The summed E-state index contributed by atoms with van der Waals surface area (Å²) < 4.78 is 20.2. The molecule has 0 amide bonds. The van der Waals surface area contributed by atoms with Crippen LogP contribution in [0.25, 0.3) is 37.7 Å². The van der Waals surface area contributed by atoms with Gasteiger partial charge in [-0.15, -0.1) is 0 Å². The average molecular weight is 417 g/mol. The molecule has 5 rings (SSSR count). The minimum absolute atomic E-state index is 0.737. The van der Waals surface area contributed by atoms with E-state index < -0.39 is 0 Å². The molecule has 5 aromatic rings. The van der Waals surface area contributed by atoms with Gasteiger partial charge in [0.25, 0.3) is 0 Å². The van der Waals surface area contributed by atoms with Gasteiger partial charge in [-0.1, -0.05) is 47.7 Å². The summed E-state index contributed by atoms with van der Waals surface area (Å²) in [5.41, 5.74) is 4.82. The van der Waals surface area contributed by atoms with E-state index in [0.717, 1.165) is 54.9 Å². The maximum Gasteiger partial charge on any atom is 0.195 e. The van der Waals surface area contributed by atoms with Crippen LogP contribution in [0, 0.1) is 0 Å². The van der Waals surface area contributed by atoms with Gasteiger partial charge in [0.2, 0.25) is 0 Å². The topological polar surface area (TPSA) is 45.0 Å². The molecule has 2 heterocycles. The highest BCUT2D eigenvalue weighted by Gasteiger charge is 2.25. The summed E-state index contributed by atoms with van der Waals surface area (Å²) in [6.45, 7) is 0. The molecule has 0 fully saturated rings. The third kappa shape index (κ3) is 2.80. The summed E-state index contributed by atoms with van der Waals surface area (Å²) in [6.07, 6.45) is 0. The van der Waals surface area contributed by atoms with Gasteiger partial charge in [-0.3, -0.25) is 4.40 Å². The summed E-state index contributed by atoms with van der Waals surface area (Å²) >= 11 is 1.63. The van der Waals surface area contributed by atoms with Gasteiger partial charge in [0.05, 0.1) is 48.5 Å². The Morgan fingerprint density at radius 1 is 0.800 bits per heavy atom. The van der Waals surface area contributed by atoms with Crippen LogP contribution in [0.3, 0.4) is 0 Å². The minimum Gasteiger partial charge on any atom is -0.497 e. The van der Waals surface area contributed by atoms with E-state index in [4.69, 9.17) is 19.2 Å². The first-order valence-corrected chi connectivity index (χ1v) is 10.3. The predicted molar refractivity (Wildman–Crippen MR) is 121 cm³/mol. The van der Waals surface area contributed by atoms with Crippen molar-refractivity contribution < 1.29 is 14.2 Å². The molecular weight excluding hydrogens is 396 g/mol. The third-order valence-electron chi connectivity index (χ3n) is 5.17. The number of rotatable bonds is 5. The van der Waals surface area contributed by atoms with E-state index in [0.29, 0.717) is 0 Å². The van der Waals surface area contributed by atoms with E-state index in [9.17, 15) is 0 Å². The van der Waals surface area contributed by atoms with Crippen LogP contribution in [0.1, 0.15) is 0 Å². The molecule has 0 bridgehead atoms. The van der Waals surface area contributed by atoms with E-state index in [2.05, 4.69) is 22.6 Å². The van der Waals surface area contributed by atoms with Crippen molar-refractivity contribution in [1.29, 1.82) is 0 Å². The van der Waals surface area contributed by atoms with Crippen LogP contribution in [0.5, 0.6) is 17.2 Å². The van der Waals surface area contributed by atoms with Gasteiger partial charge in [0, 0.05) is 5.56 Å². The van der Waals surface area contributed by atoms with E-state index in [1.807, 2.05) is 48.5 Å². The van der Waals surface area contributed by atoms with Gasteiger partial charge in [-0.25, -0.2) is 4.98 Å². The van der Waals surface area contributed by atoms with Gasteiger partial charge in [0.1, 0.15) is 17.2 Å². The van der Waals surface area contributed by atoms with E-state index >= 15 is 0 Å². The highest BCUT2D eigenvalue weighted by Crippen LogP contribution is 2.45. The van der Waals surface area contributed by atoms with Crippen molar-refractivity contribution >= 4 is 26.5 Å². The van der Waals surface area contributed by atoms with Crippen molar-refractivity contribution in [3.05, 3.63) is 66.7 Å². The van der Waals surface area contributed by atoms with Gasteiger partial charge < -0.3 is 14.2 Å². The molecule has 0 aliphatic heterocycles. The van der Waals surface area contributed by atoms with Gasteiger partial charge in [-0.05, 0) is 30.3 Å². The number of thiazole rings is 1. The number of methoxy groups -OCH3 is 3. The molecule has 0 aliphatic rings. The van der Waals surface area contributed by atoms with E-state index in [1.165, 1.54) is 0 Å². The van der Waals surface area contributed by atoms with Crippen LogP contribution in [-0.2, 0) is 0 Å². The van der Waals surface area contributed by atoms with Gasteiger partial charge in [-0.2, -0.15) is 0 Å². The molecule has 0 aliphatic carbocycles. The Hall–Kier alpha value is -3.51. The van der Waals surface area contributed by atoms with Crippen LogP contribution in [0.15, 0.2) is 66.7 Å². The largest absolute Gasteiger partial charge is 0.497 e. The Kier molecular flexibility index (Phi) is 4.56. The highest BCUT2D eigenvalue weighted by molar-refractivity contribution is 7.23. The zero-order chi connectivity index (χ0) is 20.7. The van der Waals surface area contributed by atoms with Crippen molar-refractivity contribution in [2.45, 2.75) is 0 Å². The molecule has 0 saturated carbocycles. The van der Waals surface area contributed by atoms with Crippen molar-refractivity contribution in [3.63, 3.8) is 0 Å². The minimum atomic E-state index is 0.737. The van der Waals surface area contributed by atoms with Crippen LogP contribution < -0.4 is 14.2 Å². The summed E-state index contributed by atoms with van der Waals surface area (Å²) in [5, 5.41) is 0. The van der Waals surface area contributed by atoms with Crippen molar-refractivity contribution in [2.24, 2.45) is 0 Å². The molecule has 0 N–H and O–H groups in total. The lowest BCUT2D eigenvalue weighted by atomic mass is 10.0. The third-order valence-corrected chi connectivity index (χ3v) is 6.17. The predicted octanol–water partition coefficient (Wildman–Crippen LogP) is 5.91. The lowest BCUT2D eigenvalue weighted by Gasteiger charge is -2.14. The highest BCUT2D eigenvalue weighted by atomic mass is 32.1. The molecule has 0 unspecified atom stereocenters. The van der Waals surface area contributed by atoms with Crippen molar-refractivity contribution in [1.82, 2.24) is 9.38 Å². The van der Waals surface area contributed by atoms with Crippen LogP contribution >= 0.6 is 11.3 Å². The zero-order valence-electron chi connectivity index (χ0n) is 16.9. The number of nitrogens with zero attached hydrogens (tertiary/aromatic N) is 2. The Morgan fingerprint density at radius 2 is 1.53 bits per heavy atom. The Morgan fingerprint density at radius 3 is 2.20 bits per heavy atom. The maximum absolute atomic E-state index is 5.74. The first-order valence-electron chi connectivity index (χ1n) is 9.51. The number of hydrogen-bond acceptors (Lipinski definition) is 5. The van der Waals surface area contributed by atoms with Crippen LogP contribution in [0.4, 0.5) is 0 Å². The zero-order valence-corrected chi connectivity index (χ0v) is 17.7. The average Bonchev–Trinajstić information content (AvgIpc) is 3.34. The number of aromatic nitrogens is 2. The monoisotopic (exact) mass is 416 g/mol. The van der Waals surface area contributed by atoms with Gasteiger partial charge >= 0.3 is 0 Å². The molecule has 0 saturated heterocycles. The second-order valence-electron chi connectivity index (χ2n) is 6.77. The molecule has 6 heteroatoms. The second kappa shape index (κ2) is 7.39.